The number of alkyl halides is 3. The van der Waals surface area contributed by atoms with Gasteiger partial charge in [0.05, 0.1) is 6.42 Å². The lowest BCUT2D eigenvalue weighted by atomic mass is 10.1. The summed E-state index contributed by atoms with van der Waals surface area (Å²) in [4.78, 5) is 16.2. The highest BCUT2D eigenvalue weighted by Gasteiger charge is 2.34. The minimum Gasteiger partial charge on any atom is -0.406 e. The van der Waals surface area contributed by atoms with Crippen LogP contribution in [0.4, 0.5) is 13.2 Å². The highest BCUT2D eigenvalue weighted by atomic mass is 32.2. The van der Waals surface area contributed by atoms with E-state index in [0.717, 1.165) is 12.1 Å². The molecular formula is C18H25F3N4O4S. The zero-order valence-electron chi connectivity index (χ0n) is 16.6. The van der Waals surface area contributed by atoms with Crippen LogP contribution >= 0.6 is 0 Å². The Labute approximate surface area is 174 Å². The number of rotatable bonds is 5. The molecule has 0 spiro atoms. The summed E-state index contributed by atoms with van der Waals surface area (Å²) >= 11 is 0. The predicted molar refractivity (Wildman–Crippen MR) is 103 cm³/mol. The standard InChI is InChI=1S/C18H25F3N4O4S/c1-22-6-10-24(11-7-22)30(27,28)25-12-8-23(9-13-25)17(26)14-15-2-4-16(5-3-15)29-18(19,20)21/h2-5H,6-14H2,1H3. The van der Waals surface area contributed by atoms with Gasteiger partial charge in [0.15, 0.2) is 0 Å². The summed E-state index contributed by atoms with van der Waals surface area (Å²) in [7, 11) is -1.59. The number of nitrogens with zero attached hydrogens (tertiary/aromatic N) is 4. The van der Waals surface area contributed by atoms with E-state index in [2.05, 4.69) is 9.64 Å². The van der Waals surface area contributed by atoms with Crippen molar-refractivity contribution in [3.05, 3.63) is 29.8 Å². The fourth-order valence-electron chi connectivity index (χ4n) is 3.45. The predicted octanol–water partition coefficient (Wildman–Crippen LogP) is 0.764. The maximum atomic E-state index is 12.8. The Bertz CT molecular complexity index is 832. The molecule has 0 N–H and O–H groups in total. The Hall–Kier alpha value is -1.89. The van der Waals surface area contributed by atoms with Crippen molar-refractivity contribution < 1.29 is 31.1 Å². The van der Waals surface area contributed by atoms with Crippen LogP contribution in [0.25, 0.3) is 0 Å². The van der Waals surface area contributed by atoms with E-state index in [0.29, 0.717) is 31.7 Å². The highest BCUT2D eigenvalue weighted by molar-refractivity contribution is 7.86. The van der Waals surface area contributed by atoms with Crippen molar-refractivity contribution in [2.24, 2.45) is 0 Å². The van der Waals surface area contributed by atoms with E-state index in [1.54, 1.807) is 4.90 Å². The van der Waals surface area contributed by atoms with Crippen LogP contribution in [-0.4, -0.2) is 98.5 Å². The van der Waals surface area contributed by atoms with Gasteiger partial charge in [-0.3, -0.25) is 4.79 Å². The molecule has 0 aliphatic carbocycles. The molecular weight excluding hydrogens is 425 g/mol. The van der Waals surface area contributed by atoms with Crippen LogP contribution in [-0.2, 0) is 21.4 Å². The lowest BCUT2D eigenvalue weighted by Gasteiger charge is -2.39. The van der Waals surface area contributed by atoms with Crippen LogP contribution in [0.1, 0.15) is 5.56 Å². The van der Waals surface area contributed by atoms with Crippen LogP contribution in [0.5, 0.6) is 5.75 Å². The third-order valence-corrected chi connectivity index (χ3v) is 7.25. The number of carbonyl (C=O) groups is 1. The minimum absolute atomic E-state index is 0.0253. The van der Waals surface area contributed by atoms with Crippen molar-refractivity contribution in [1.29, 1.82) is 0 Å². The molecule has 30 heavy (non-hydrogen) atoms. The van der Waals surface area contributed by atoms with Gasteiger partial charge in [0.1, 0.15) is 5.75 Å². The maximum absolute atomic E-state index is 12.8. The van der Waals surface area contributed by atoms with Crippen molar-refractivity contribution in [1.82, 2.24) is 18.4 Å². The molecule has 0 saturated carbocycles. The number of halogens is 3. The van der Waals surface area contributed by atoms with Gasteiger partial charge in [-0.05, 0) is 24.7 Å². The summed E-state index contributed by atoms with van der Waals surface area (Å²) in [5, 5.41) is 0. The van der Waals surface area contributed by atoms with E-state index in [4.69, 9.17) is 0 Å². The quantitative estimate of drug-likeness (QED) is 0.663. The molecule has 2 fully saturated rings. The van der Waals surface area contributed by atoms with Gasteiger partial charge in [0.2, 0.25) is 5.91 Å². The average Bonchev–Trinajstić information content (AvgIpc) is 2.69. The first-order chi connectivity index (χ1) is 14.0. The lowest BCUT2D eigenvalue weighted by molar-refractivity contribution is -0.274. The molecule has 3 rings (SSSR count). The molecule has 2 saturated heterocycles. The highest BCUT2D eigenvalue weighted by Crippen LogP contribution is 2.23. The van der Waals surface area contributed by atoms with Crippen molar-refractivity contribution in [3.8, 4) is 5.75 Å². The lowest BCUT2D eigenvalue weighted by Crippen LogP contribution is -2.57. The molecule has 2 heterocycles. The fourth-order valence-corrected chi connectivity index (χ4v) is 5.02. The summed E-state index contributed by atoms with van der Waals surface area (Å²) in [5.41, 5.74) is 0.557. The molecule has 0 bridgehead atoms. The summed E-state index contributed by atoms with van der Waals surface area (Å²) < 4.78 is 68.9. The molecule has 0 radical (unpaired) electrons. The van der Waals surface area contributed by atoms with Crippen molar-refractivity contribution in [2.75, 3.05) is 59.4 Å². The molecule has 0 atom stereocenters. The van der Waals surface area contributed by atoms with Gasteiger partial charge < -0.3 is 14.5 Å². The topological polar surface area (TPSA) is 73.4 Å². The number of hydrogen-bond donors (Lipinski definition) is 0. The van der Waals surface area contributed by atoms with Crippen molar-refractivity contribution >= 4 is 16.1 Å². The van der Waals surface area contributed by atoms with Crippen molar-refractivity contribution in [3.63, 3.8) is 0 Å². The van der Waals surface area contributed by atoms with E-state index in [-0.39, 0.29) is 44.3 Å². The molecule has 12 heteroatoms. The second-order valence-electron chi connectivity index (χ2n) is 7.36. The third kappa shape index (κ3) is 5.84. The number of ether oxygens (including phenoxy) is 1. The maximum Gasteiger partial charge on any atom is 0.573 e. The number of piperazine rings is 2. The molecule has 8 nitrogen and oxygen atoms in total. The average molecular weight is 450 g/mol. The Kier molecular flexibility index (Phi) is 6.90. The Morgan fingerprint density at radius 2 is 1.43 bits per heavy atom. The molecule has 0 unspecified atom stereocenters. The Morgan fingerprint density at radius 1 is 0.933 bits per heavy atom. The molecule has 1 aromatic rings. The summed E-state index contributed by atoms with van der Waals surface area (Å²) in [5.74, 6) is -0.544. The van der Waals surface area contributed by atoms with Crippen molar-refractivity contribution in [2.45, 2.75) is 12.8 Å². The summed E-state index contributed by atoms with van der Waals surface area (Å²) in [6.45, 7) is 3.27. The third-order valence-electron chi connectivity index (χ3n) is 5.22. The molecule has 168 valence electrons. The van der Waals surface area contributed by atoms with Gasteiger partial charge in [-0.2, -0.15) is 17.0 Å². The van der Waals surface area contributed by atoms with E-state index in [1.165, 1.54) is 20.7 Å². The van der Waals surface area contributed by atoms with E-state index >= 15 is 0 Å². The first-order valence-corrected chi connectivity index (χ1v) is 11.0. The first kappa shape index (κ1) is 22.8. The van der Waals surface area contributed by atoms with Crippen LogP contribution in [0.15, 0.2) is 24.3 Å². The molecule has 2 aliphatic heterocycles. The number of hydrogen-bond acceptors (Lipinski definition) is 5. The normalized spacial score (nSPS) is 20.3. The molecule has 0 aromatic heterocycles. The second kappa shape index (κ2) is 9.08. The van der Waals surface area contributed by atoms with Gasteiger partial charge >= 0.3 is 6.36 Å². The fraction of sp³-hybridized carbons (Fsp3) is 0.611. The Morgan fingerprint density at radius 3 is 1.93 bits per heavy atom. The Balaban J connectivity index is 1.50. The number of carbonyl (C=O) groups excluding carboxylic acids is 1. The first-order valence-electron chi connectivity index (χ1n) is 9.61. The number of amides is 1. The van der Waals surface area contributed by atoms with Gasteiger partial charge in [-0.25, -0.2) is 0 Å². The van der Waals surface area contributed by atoms with Crippen LogP contribution in [0.3, 0.4) is 0 Å². The molecule has 1 aromatic carbocycles. The van der Waals surface area contributed by atoms with E-state index in [1.807, 2.05) is 7.05 Å². The smallest absolute Gasteiger partial charge is 0.406 e. The number of likely N-dealkylation sites (N-methyl/N-ethyl adjacent to an activating group) is 1. The SMILES string of the molecule is CN1CCN(S(=O)(=O)N2CCN(C(=O)Cc3ccc(OC(F)(F)F)cc3)CC2)CC1. The summed E-state index contributed by atoms with van der Waals surface area (Å²) in [6.07, 6.45) is -4.74. The largest absolute Gasteiger partial charge is 0.573 e. The van der Waals surface area contributed by atoms with Gasteiger partial charge in [-0.1, -0.05) is 12.1 Å². The monoisotopic (exact) mass is 450 g/mol. The summed E-state index contributed by atoms with van der Waals surface area (Å²) in [6, 6.07) is 5.15. The zero-order valence-corrected chi connectivity index (χ0v) is 17.5. The van der Waals surface area contributed by atoms with Crippen LogP contribution < -0.4 is 4.74 Å². The zero-order chi connectivity index (χ0) is 21.9. The van der Waals surface area contributed by atoms with Crippen LogP contribution in [0.2, 0.25) is 0 Å². The molecule has 2 aliphatic rings. The minimum atomic E-state index is -4.76. The molecule has 1 amide bonds. The van der Waals surface area contributed by atoms with E-state index < -0.39 is 16.6 Å². The van der Waals surface area contributed by atoms with E-state index in [9.17, 15) is 26.4 Å². The second-order valence-corrected chi connectivity index (χ2v) is 9.29. The van der Waals surface area contributed by atoms with Gasteiger partial charge in [0.25, 0.3) is 10.2 Å². The number of benzene rings is 1. The van der Waals surface area contributed by atoms with Gasteiger partial charge in [0, 0.05) is 52.4 Å². The van der Waals surface area contributed by atoms with Crippen LogP contribution in [0, 0.1) is 0 Å². The van der Waals surface area contributed by atoms with Gasteiger partial charge in [-0.15, -0.1) is 13.2 Å².